The van der Waals surface area contributed by atoms with Crippen LogP contribution in [-0.4, -0.2) is 39.5 Å². The van der Waals surface area contributed by atoms with Crippen molar-refractivity contribution in [1.82, 2.24) is 19.9 Å². The molecule has 0 fully saturated rings. The summed E-state index contributed by atoms with van der Waals surface area (Å²) < 4.78 is 5.89. The van der Waals surface area contributed by atoms with Crippen molar-refractivity contribution < 1.29 is 14.1 Å². The first-order chi connectivity index (χ1) is 13.1. The Morgan fingerprint density at radius 1 is 1.26 bits per heavy atom. The van der Waals surface area contributed by atoms with E-state index in [1.165, 1.54) is 20.8 Å². The smallest absolute Gasteiger partial charge is 0.350 e. The number of thiophene rings is 2. The lowest BCUT2D eigenvalue weighted by atomic mass is 10.4. The summed E-state index contributed by atoms with van der Waals surface area (Å²) in [7, 11) is 0. The molecule has 0 aliphatic carbocycles. The van der Waals surface area contributed by atoms with E-state index in [1.54, 1.807) is 24.3 Å². The molecule has 0 saturated carbocycles. The molecule has 0 bridgehead atoms. The van der Waals surface area contributed by atoms with E-state index in [0.29, 0.717) is 18.9 Å². The normalized spacial score (nSPS) is 10.7. The van der Waals surface area contributed by atoms with Crippen LogP contribution in [0, 0.1) is 0 Å². The van der Waals surface area contributed by atoms with Crippen molar-refractivity contribution in [3.05, 3.63) is 50.5 Å². The predicted octanol–water partition coefficient (Wildman–Crippen LogP) is 1.79. The van der Waals surface area contributed by atoms with Gasteiger partial charge in [-0.05, 0) is 29.8 Å². The van der Waals surface area contributed by atoms with Gasteiger partial charge in [0.1, 0.15) is 6.54 Å². The largest absolute Gasteiger partial charge is 0.442 e. The fourth-order valence-electron chi connectivity index (χ4n) is 2.43. The topological polar surface area (TPSA) is 97.4 Å². The molecule has 0 aliphatic heterocycles. The molecule has 2 amide bonds. The molecule has 0 aliphatic rings. The van der Waals surface area contributed by atoms with E-state index in [1.807, 2.05) is 29.0 Å². The molecule has 1 N–H and O–H groups in total. The zero-order chi connectivity index (χ0) is 19.2. The second-order valence-electron chi connectivity index (χ2n) is 5.60. The highest BCUT2D eigenvalue weighted by atomic mass is 32.1. The minimum atomic E-state index is -0.704. The highest BCUT2D eigenvalue weighted by Crippen LogP contribution is 2.21. The van der Waals surface area contributed by atoms with Crippen molar-refractivity contribution in [2.75, 3.05) is 13.1 Å². The minimum absolute atomic E-state index is 0.0743. The first-order valence-corrected chi connectivity index (χ1v) is 10.0. The van der Waals surface area contributed by atoms with Gasteiger partial charge in [0, 0.05) is 11.4 Å². The van der Waals surface area contributed by atoms with Crippen LogP contribution in [0.15, 0.2) is 44.3 Å². The Kier molecular flexibility index (Phi) is 6.20. The van der Waals surface area contributed by atoms with Gasteiger partial charge in [0.2, 0.25) is 11.8 Å². The van der Waals surface area contributed by atoms with Gasteiger partial charge in [-0.3, -0.25) is 14.1 Å². The molecular weight excluding hydrogens is 388 g/mol. The van der Waals surface area contributed by atoms with Crippen molar-refractivity contribution in [3.8, 4) is 10.7 Å². The Balaban J connectivity index is 1.63. The molecule has 0 saturated heterocycles. The van der Waals surface area contributed by atoms with Gasteiger partial charge in [-0.25, -0.2) is 9.36 Å². The third-order valence-electron chi connectivity index (χ3n) is 3.83. The molecule has 0 aromatic carbocycles. The first-order valence-electron chi connectivity index (χ1n) is 8.25. The van der Waals surface area contributed by atoms with Gasteiger partial charge < -0.3 is 10.2 Å². The van der Waals surface area contributed by atoms with Crippen molar-refractivity contribution in [2.45, 2.75) is 20.0 Å². The van der Waals surface area contributed by atoms with Gasteiger partial charge in [-0.2, -0.15) is 0 Å². The van der Waals surface area contributed by atoms with Gasteiger partial charge in [0.05, 0.1) is 18.0 Å². The van der Waals surface area contributed by atoms with Gasteiger partial charge in [0.15, 0.2) is 5.82 Å². The Morgan fingerprint density at radius 3 is 2.70 bits per heavy atom. The van der Waals surface area contributed by atoms with E-state index in [0.717, 1.165) is 9.75 Å². The highest BCUT2D eigenvalue weighted by molar-refractivity contribution is 7.13. The zero-order valence-electron chi connectivity index (χ0n) is 14.6. The molecule has 8 nitrogen and oxygen atoms in total. The summed E-state index contributed by atoms with van der Waals surface area (Å²) in [6.07, 6.45) is 0. The fourth-order valence-corrected chi connectivity index (χ4v) is 3.79. The SMILES string of the molecule is CCN(CC(=O)NCc1cccs1)C(=O)Cn1c(-c2cccs2)noc1=O. The summed E-state index contributed by atoms with van der Waals surface area (Å²) in [6.45, 7) is 2.24. The van der Waals surface area contributed by atoms with Crippen LogP contribution in [0.1, 0.15) is 11.8 Å². The minimum Gasteiger partial charge on any atom is -0.350 e. The number of carbonyl (C=O) groups excluding carboxylic acids is 2. The first kappa shape index (κ1) is 19.1. The predicted molar refractivity (Wildman–Crippen MR) is 102 cm³/mol. The van der Waals surface area contributed by atoms with Crippen LogP contribution in [-0.2, 0) is 22.7 Å². The lowest BCUT2D eigenvalue weighted by Crippen LogP contribution is -2.42. The molecular formula is C17H18N4O4S2. The van der Waals surface area contributed by atoms with E-state index >= 15 is 0 Å². The number of amides is 2. The number of hydrogen-bond acceptors (Lipinski definition) is 7. The van der Waals surface area contributed by atoms with E-state index < -0.39 is 5.76 Å². The van der Waals surface area contributed by atoms with Crippen molar-refractivity contribution in [1.29, 1.82) is 0 Å². The Morgan fingerprint density at radius 2 is 2.04 bits per heavy atom. The lowest BCUT2D eigenvalue weighted by Gasteiger charge is -2.20. The monoisotopic (exact) mass is 406 g/mol. The molecule has 3 aromatic rings. The Labute approximate surface area is 163 Å². The maximum atomic E-state index is 12.6. The van der Waals surface area contributed by atoms with Crippen molar-refractivity contribution in [2.24, 2.45) is 0 Å². The molecule has 0 unspecified atom stereocenters. The molecule has 10 heteroatoms. The quantitative estimate of drug-likeness (QED) is 0.615. The van der Waals surface area contributed by atoms with Crippen molar-refractivity contribution in [3.63, 3.8) is 0 Å². The van der Waals surface area contributed by atoms with E-state index in [-0.39, 0.29) is 24.9 Å². The van der Waals surface area contributed by atoms with Crippen LogP contribution in [0.4, 0.5) is 0 Å². The number of rotatable bonds is 8. The number of nitrogens with zero attached hydrogens (tertiary/aromatic N) is 3. The van der Waals surface area contributed by atoms with E-state index in [4.69, 9.17) is 4.52 Å². The summed E-state index contributed by atoms with van der Waals surface area (Å²) in [5.74, 6) is -1.01. The van der Waals surface area contributed by atoms with Gasteiger partial charge in [0.25, 0.3) is 0 Å². The molecule has 3 aromatic heterocycles. The lowest BCUT2D eigenvalue weighted by molar-refractivity contribution is -0.136. The fraction of sp³-hybridized carbons (Fsp3) is 0.294. The van der Waals surface area contributed by atoms with Crippen molar-refractivity contribution >= 4 is 34.5 Å². The molecule has 3 rings (SSSR count). The van der Waals surface area contributed by atoms with Crippen LogP contribution in [0.25, 0.3) is 10.7 Å². The van der Waals surface area contributed by atoms with E-state index in [9.17, 15) is 14.4 Å². The number of hydrogen-bond donors (Lipinski definition) is 1. The second kappa shape index (κ2) is 8.78. The highest BCUT2D eigenvalue weighted by Gasteiger charge is 2.21. The molecule has 142 valence electrons. The molecule has 27 heavy (non-hydrogen) atoms. The average molecular weight is 406 g/mol. The van der Waals surface area contributed by atoms with Crippen LogP contribution in [0.3, 0.4) is 0 Å². The van der Waals surface area contributed by atoms with Gasteiger partial charge in [-0.1, -0.05) is 17.3 Å². The summed E-state index contributed by atoms with van der Waals surface area (Å²) in [5.41, 5.74) is 0. The summed E-state index contributed by atoms with van der Waals surface area (Å²) in [6, 6.07) is 7.45. The van der Waals surface area contributed by atoms with Crippen LogP contribution in [0.5, 0.6) is 0 Å². The Hall–Kier alpha value is -2.72. The summed E-state index contributed by atoms with van der Waals surface area (Å²) in [5, 5.41) is 10.3. The molecule has 0 radical (unpaired) electrons. The zero-order valence-corrected chi connectivity index (χ0v) is 16.2. The van der Waals surface area contributed by atoms with Crippen LogP contribution in [0.2, 0.25) is 0 Å². The van der Waals surface area contributed by atoms with E-state index in [2.05, 4.69) is 10.5 Å². The maximum Gasteiger partial charge on any atom is 0.442 e. The van der Waals surface area contributed by atoms with Crippen LogP contribution < -0.4 is 11.1 Å². The third-order valence-corrected chi connectivity index (χ3v) is 5.57. The standard InChI is InChI=1S/C17H18N4O4S2/c1-2-20(10-14(22)18-9-12-5-3-7-26-12)15(23)11-21-16(19-25-17(21)24)13-6-4-8-27-13/h3-8H,2,9-11H2,1H3,(H,18,22). The number of likely N-dealkylation sites (N-methyl/N-ethyl adjacent to an activating group) is 1. The average Bonchev–Trinajstić information content (AvgIpc) is 3.41. The molecule has 0 spiro atoms. The van der Waals surface area contributed by atoms with Gasteiger partial charge in [-0.15, -0.1) is 22.7 Å². The maximum absolute atomic E-state index is 12.6. The molecule has 0 atom stereocenters. The second-order valence-corrected chi connectivity index (χ2v) is 7.58. The number of carbonyl (C=O) groups is 2. The molecule has 3 heterocycles. The number of aromatic nitrogens is 2. The van der Waals surface area contributed by atoms with Gasteiger partial charge >= 0.3 is 5.76 Å². The number of nitrogens with one attached hydrogen (secondary N) is 1. The summed E-state index contributed by atoms with van der Waals surface area (Å²) in [4.78, 5) is 39.8. The Bertz CT molecular complexity index is 944. The third kappa shape index (κ3) is 4.72. The summed E-state index contributed by atoms with van der Waals surface area (Å²) >= 11 is 2.94. The van der Waals surface area contributed by atoms with Crippen LogP contribution >= 0.6 is 22.7 Å².